The van der Waals surface area contributed by atoms with E-state index in [1.54, 1.807) is 0 Å². The summed E-state index contributed by atoms with van der Waals surface area (Å²) < 4.78 is 50.7. The topological polar surface area (TPSA) is 314 Å². The lowest BCUT2D eigenvalue weighted by molar-refractivity contribution is -0.350. The van der Waals surface area contributed by atoms with Crippen LogP contribution in [0.1, 0.15) is 34.6 Å². The fraction of sp³-hybridized carbons (Fsp3) is 0.457. The lowest BCUT2D eigenvalue weighted by Gasteiger charge is -2.47. The van der Waals surface area contributed by atoms with Gasteiger partial charge in [0, 0.05) is 45.4 Å². The van der Waals surface area contributed by atoms with Crippen molar-refractivity contribution < 1.29 is 97.2 Å². The molecule has 0 bridgehead atoms. The minimum Gasteiger partial charge on any atom is -0.508 e. The zero-order valence-corrected chi connectivity index (χ0v) is 30.1. The molecular weight excluding hydrogens is 756 g/mol. The van der Waals surface area contributed by atoms with E-state index in [1.165, 1.54) is 6.92 Å². The molecule has 5 rings (SSSR count). The first-order valence-corrected chi connectivity index (χ1v) is 16.7. The van der Waals surface area contributed by atoms with Gasteiger partial charge in [0.05, 0.1) is 6.10 Å². The Morgan fingerprint density at radius 3 is 1.88 bits per heavy atom. The Hall–Kier alpha value is -5.87. The van der Waals surface area contributed by atoms with Gasteiger partial charge in [0.1, 0.15) is 53.5 Å². The quantitative estimate of drug-likeness (QED) is 0.0824. The van der Waals surface area contributed by atoms with Crippen molar-refractivity contribution in [3.8, 4) is 45.8 Å². The number of carbonyl (C=O) groups excluding carboxylic acids is 4. The highest BCUT2D eigenvalue weighted by atomic mass is 16.8. The van der Waals surface area contributed by atoms with Gasteiger partial charge in [-0.25, -0.2) is 0 Å². The third kappa shape index (κ3) is 8.66. The molecule has 0 spiro atoms. The highest BCUT2D eigenvalue weighted by Crippen LogP contribution is 2.43. The zero-order valence-electron chi connectivity index (χ0n) is 30.1. The second kappa shape index (κ2) is 16.5. The summed E-state index contributed by atoms with van der Waals surface area (Å²) in [5, 5.41) is 72.6. The number of aliphatic hydroxyl groups is 2. The van der Waals surface area contributed by atoms with Gasteiger partial charge in [0.2, 0.25) is 23.6 Å². The number of fused-ring (bicyclic) bond motifs is 1. The van der Waals surface area contributed by atoms with Crippen molar-refractivity contribution in [1.82, 2.24) is 0 Å². The largest absolute Gasteiger partial charge is 0.508 e. The second-order valence-electron chi connectivity index (χ2n) is 12.8. The van der Waals surface area contributed by atoms with Crippen LogP contribution in [0.5, 0.6) is 34.5 Å². The van der Waals surface area contributed by atoms with Crippen molar-refractivity contribution in [2.75, 3.05) is 6.61 Å². The van der Waals surface area contributed by atoms with Crippen LogP contribution in [-0.2, 0) is 52.3 Å². The summed E-state index contributed by atoms with van der Waals surface area (Å²) in [6.07, 6.45) is -17.0. The van der Waals surface area contributed by atoms with Crippen LogP contribution in [-0.4, -0.2) is 128 Å². The van der Waals surface area contributed by atoms with E-state index in [0.29, 0.717) is 0 Å². The SMILES string of the molecule is CC(=O)OCC1OC(OC2C(C)OC(Oc3c(-c4cc(O)c(O)c(O)c4)oc4cc(O)cc(O)c4c3=O)C(OC(C)=O)C2OC(C)=O)C(O)C(OC(C)=O)C1O. The summed E-state index contributed by atoms with van der Waals surface area (Å²) in [4.78, 5) is 62.5. The number of hydrogen-bond donors (Lipinski definition) is 7. The molecule has 304 valence electrons. The lowest BCUT2D eigenvalue weighted by Crippen LogP contribution is -2.65. The van der Waals surface area contributed by atoms with Crippen molar-refractivity contribution in [1.29, 1.82) is 0 Å². The number of aromatic hydroxyl groups is 5. The number of aliphatic hydroxyl groups excluding tert-OH is 2. The Bertz CT molecular complexity index is 2040. The minimum absolute atomic E-state index is 0.295. The third-order valence-corrected chi connectivity index (χ3v) is 8.50. The maximum Gasteiger partial charge on any atom is 0.303 e. The standard InChI is InChI=1S/C35H38O21/c1-11-28(55-34-27(47)30(50-13(3)37)25(45)22(54-34)10-48-12(2)36)32(51-14(4)38)33(52-15(5)39)35(49-11)56-31-26(46)23-18(41)8-17(40)9-21(23)53-29(31)16-6-19(42)24(44)20(43)7-16/h6-9,11,22,25,27-28,30,32-35,40-45,47H,10H2,1-5H3. The number of phenolic OH excluding ortho intramolecular Hbond substituents is 5. The molecule has 10 unspecified atom stereocenters. The van der Waals surface area contributed by atoms with Crippen LogP contribution in [0.15, 0.2) is 33.5 Å². The van der Waals surface area contributed by atoms with Gasteiger partial charge in [-0.2, -0.15) is 0 Å². The fourth-order valence-electron chi connectivity index (χ4n) is 6.15. The van der Waals surface area contributed by atoms with Gasteiger partial charge < -0.3 is 78.1 Å². The van der Waals surface area contributed by atoms with E-state index in [4.69, 9.17) is 42.3 Å². The van der Waals surface area contributed by atoms with Gasteiger partial charge in [0.25, 0.3) is 0 Å². The molecule has 1 aromatic heterocycles. The first-order chi connectivity index (χ1) is 26.3. The summed E-state index contributed by atoms with van der Waals surface area (Å²) >= 11 is 0. The van der Waals surface area contributed by atoms with E-state index < -0.39 is 149 Å². The summed E-state index contributed by atoms with van der Waals surface area (Å²) in [5.41, 5.74) is -1.83. The summed E-state index contributed by atoms with van der Waals surface area (Å²) in [6.45, 7) is 4.81. The van der Waals surface area contributed by atoms with Crippen LogP contribution in [0.2, 0.25) is 0 Å². The summed E-state index contributed by atoms with van der Waals surface area (Å²) in [7, 11) is 0. The predicted molar refractivity (Wildman–Crippen MR) is 180 cm³/mol. The molecule has 0 saturated carbocycles. The third-order valence-electron chi connectivity index (χ3n) is 8.50. The molecule has 2 aliphatic rings. The molecular formula is C35H38O21. The van der Waals surface area contributed by atoms with E-state index >= 15 is 0 Å². The van der Waals surface area contributed by atoms with E-state index in [1.807, 2.05) is 0 Å². The lowest BCUT2D eigenvalue weighted by atomic mass is 9.96. The average Bonchev–Trinajstić information content (AvgIpc) is 3.09. The van der Waals surface area contributed by atoms with Gasteiger partial charge in [-0.1, -0.05) is 0 Å². The first kappa shape index (κ1) is 41.3. The molecule has 21 heteroatoms. The number of hydrogen-bond acceptors (Lipinski definition) is 21. The number of benzene rings is 2. The van der Waals surface area contributed by atoms with Crippen molar-refractivity contribution in [3.05, 3.63) is 34.5 Å². The molecule has 0 amide bonds. The molecule has 2 fully saturated rings. The van der Waals surface area contributed by atoms with Crippen molar-refractivity contribution in [3.63, 3.8) is 0 Å². The highest BCUT2D eigenvalue weighted by Gasteiger charge is 2.55. The Morgan fingerprint density at radius 1 is 0.696 bits per heavy atom. The molecule has 21 nitrogen and oxygen atoms in total. The molecule has 2 aromatic carbocycles. The monoisotopic (exact) mass is 794 g/mol. The summed E-state index contributed by atoms with van der Waals surface area (Å²) in [6, 6.07) is 3.54. The van der Waals surface area contributed by atoms with E-state index in [0.717, 1.165) is 52.0 Å². The van der Waals surface area contributed by atoms with Gasteiger partial charge in [-0.15, -0.1) is 0 Å². The summed E-state index contributed by atoms with van der Waals surface area (Å²) in [5.74, 6) is -8.99. The van der Waals surface area contributed by atoms with E-state index in [-0.39, 0.29) is 5.56 Å². The molecule has 3 heterocycles. The molecule has 2 saturated heterocycles. The molecule has 0 aliphatic carbocycles. The predicted octanol–water partition coefficient (Wildman–Crippen LogP) is 0.302. The van der Waals surface area contributed by atoms with Crippen molar-refractivity contribution in [2.24, 2.45) is 0 Å². The fourth-order valence-corrected chi connectivity index (χ4v) is 6.15. The van der Waals surface area contributed by atoms with E-state index in [9.17, 15) is 59.7 Å². The first-order valence-electron chi connectivity index (χ1n) is 16.7. The number of rotatable bonds is 10. The maximum atomic E-state index is 14.1. The van der Waals surface area contributed by atoms with Crippen LogP contribution in [0.4, 0.5) is 0 Å². The maximum absolute atomic E-state index is 14.1. The van der Waals surface area contributed by atoms with Crippen LogP contribution in [0.25, 0.3) is 22.3 Å². The number of esters is 4. The smallest absolute Gasteiger partial charge is 0.303 e. The Morgan fingerprint density at radius 2 is 1.29 bits per heavy atom. The molecule has 7 N–H and O–H groups in total. The molecule has 3 aromatic rings. The number of ether oxygens (including phenoxy) is 8. The molecule has 2 aliphatic heterocycles. The Kier molecular flexibility index (Phi) is 12.1. The normalized spacial score (nSPS) is 27.6. The Labute approximate surface area is 315 Å². The van der Waals surface area contributed by atoms with Gasteiger partial charge >= 0.3 is 23.9 Å². The van der Waals surface area contributed by atoms with Gasteiger partial charge in [-0.05, 0) is 19.1 Å². The van der Waals surface area contributed by atoms with Gasteiger partial charge in [0.15, 0.2) is 41.5 Å². The van der Waals surface area contributed by atoms with Crippen LogP contribution in [0, 0.1) is 0 Å². The van der Waals surface area contributed by atoms with Crippen LogP contribution in [0.3, 0.4) is 0 Å². The second-order valence-corrected chi connectivity index (χ2v) is 12.8. The average molecular weight is 795 g/mol. The Balaban J connectivity index is 1.59. The molecule has 10 atom stereocenters. The highest BCUT2D eigenvalue weighted by molar-refractivity contribution is 5.88. The van der Waals surface area contributed by atoms with Crippen molar-refractivity contribution in [2.45, 2.75) is 96.0 Å². The van der Waals surface area contributed by atoms with Crippen molar-refractivity contribution >= 4 is 34.8 Å². The van der Waals surface area contributed by atoms with E-state index in [2.05, 4.69) is 0 Å². The number of carbonyl (C=O) groups is 4. The zero-order chi connectivity index (χ0) is 41.3. The minimum atomic E-state index is -1.93. The molecule has 0 radical (unpaired) electrons. The van der Waals surface area contributed by atoms with Gasteiger partial charge in [-0.3, -0.25) is 24.0 Å². The number of phenols is 5. The van der Waals surface area contributed by atoms with Crippen LogP contribution >= 0.6 is 0 Å². The van der Waals surface area contributed by atoms with Crippen LogP contribution < -0.4 is 10.2 Å². The molecule has 56 heavy (non-hydrogen) atoms.